The number of amides is 2. The molecule has 2 aliphatic rings. The molecule has 7 nitrogen and oxygen atoms in total. The average molecular weight is 527 g/mol. The summed E-state index contributed by atoms with van der Waals surface area (Å²) in [7, 11) is 0. The number of allylic oxidation sites excluding steroid dienone is 2. The monoisotopic (exact) mass is 526 g/mol. The van der Waals surface area contributed by atoms with Gasteiger partial charge in [0.2, 0.25) is 11.8 Å². The molecule has 0 radical (unpaired) electrons. The third-order valence-corrected chi connectivity index (χ3v) is 7.99. The highest BCUT2D eigenvalue weighted by molar-refractivity contribution is 5.86. The first kappa shape index (κ1) is 29.9. The Balaban J connectivity index is 1.73. The fourth-order valence-corrected chi connectivity index (χ4v) is 5.37. The van der Waals surface area contributed by atoms with Gasteiger partial charge in [-0.25, -0.2) is 0 Å². The van der Waals surface area contributed by atoms with E-state index in [9.17, 15) is 19.5 Å². The third-order valence-electron chi connectivity index (χ3n) is 7.99. The first-order valence-corrected chi connectivity index (χ1v) is 14.2. The lowest BCUT2D eigenvalue weighted by atomic mass is 9.86. The molecule has 1 aromatic carbocycles. The van der Waals surface area contributed by atoms with Crippen molar-refractivity contribution in [3.05, 3.63) is 48.0 Å². The summed E-state index contributed by atoms with van der Waals surface area (Å²) in [6.45, 7) is 6.01. The van der Waals surface area contributed by atoms with Crippen LogP contribution >= 0.6 is 0 Å². The summed E-state index contributed by atoms with van der Waals surface area (Å²) >= 11 is 0. The minimum absolute atomic E-state index is 0.0493. The van der Waals surface area contributed by atoms with Crippen LogP contribution in [0.1, 0.15) is 84.1 Å². The van der Waals surface area contributed by atoms with Gasteiger partial charge in [0.05, 0.1) is 30.0 Å². The molecule has 7 heteroatoms. The van der Waals surface area contributed by atoms with Gasteiger partial charge in [0.25, 0.3) is 0 Å². The van der Waals surface area contributed by atoms with E-state index < -0.39 is 17.5 Å². The lowest BCUT2D eigenvalue weighted by Crippen LogP contribution is -2.52. The average Bonchev–Trinajstić information content (AvgIpc) is 3.34. The van der Waals surface area contributed by atoms with Crippen LogP contribution in [0, 0.1) is 17.3 Å². The number of aliphatic hydroxyl groups excluding tert-OH is 1. The maximum Gasteiger partial charge on any atom is 0.309 e. The van der Waals surface area contributed by atoms with Crippen LogP contribution in [0.3, 0.4) is 0 Å². The van der Waals surface area contributed by atoms with Gasteiger partial charge in [0, 0.05) is 6.42 Å². The SMILES string of the molecule is CC(C)(C)[C@H]1COC(=O)[C@@H](Cc2ccccc2)CCCC=CC[C@H](CC(=O)NC2(CO)CCCC2)C(=O)N1. The van der Waals surface area contributed by atoms with E-state index in [2.05, 4.69) is 10.6 Å². The van der Waals surface area contributed by atoms with Gasteiger partial charge in [-0.15, -0.1) is 0 Å². The largest absolute Gasteiger partial charge is 0.463 e. The molecule has 1 heterocycles. The van der Waals surface area contributed by atoms with E-state index in [1.165, 1.54) is 0 Å². The first-order chi connectivity index (χ1) is 18.1. The van der Waals surface area contributed by atoms with Crippen LogP contribution in [0.5, 0.6) is 0 Å². The number of nitrogens with one attached hydrogen (secondary N) is 2. The predicted molar refractivity (Wildman–Crippen MR) is 148 cm³/mol. The smallest absolute Gasteiger partial charge is 0.309 e. The molecule has 2 amide bonds. The van der Waals surface area contributed by atoms with Gasteiger partial charge in [0.15, 0.2) is 0 Å². The van der Waals surface area contributed by atoms with Crippen LogP contribution in [0.25, 0.3) is 0 Å². The highest BCUT2D eigenvalue weighted by Crippen LogP contribution is 2.30. The summed E-state index contributed by atoms with van der Waals surface area (Å²) in [6, 6.07) is 9.58. The van der Waals surface area contributed by atoms with Crippen LogP contribution in [-0.4, -0.2) is 47.7 Å². The second kappa shape index (κ2) is 13.9. The number of rotatable bonds is 6. The van der Waals surface area contributed by atoms with E-state index in [4.69, 9.17) is 4.74 Å². The molecular formula is C31H46N2O5. The quantitative estimate of drug-likeness (QED) is 0.375. The third kappa shape index (κ3) is 8.97. The van der Waals surface area contributed by atoms with Crippen LogP contribution in [0.4, 0.5) is 0 Å². The number of hydrogen-bond acceptors (Lipinski definition) is 5. The minimum Gasteiger partial charge on any atom is -0.463 e. The summed E-state index contributed by atoms with van der Waals surface area (Å²) in [5.41, 5.74) is 0.187. The molecule has 210 valence electrons. The van der Waals surface area contributed by atoms with Crippen LogP contribution < -0.4 is 10.6 Å². The number of benzene rings is 1. The lowest BCUT2D eigenvalue weighted by molar-refractivity contribution is -0.151. The van der Waals surface area contributed by atoms with Crippen molar-refractivity contribution in [3.63, 3.8) is 0 Å². The number of carbonyl (C=O) groups excluding carboxylic acids is 3. The minimum atomic E-state index is -0.566. The molecule has 3 N–H and O–H groups in total. The fourth-order valence-electron chi connectivity index (χ4n) is 5.37. The second-order valence-corrected chi connectivity index (χ2v) is 12.2. The number of aliphatic hydroxyl groups is 1. The lowest BCUT2D eigenvalue weighted by Gasteiger charge is -2.33. The van der Waals surface area contributed by atoms with Crippen LogP contribution in [-0.2, 0) is 25.5 Å². The Kier molecular flexibility index (Phi) is 11.0. The maximum absolute atomic E-state index is 13.4. The van der Waals surface area contributed by atoms with Crippen molar-refractivity contribution in [1.29, 1.82) is 0 Å². The number of ether oxygens (including phenoxy) is 1. The summed E-state index contributed by atoms with van der Waals surface area (Å²) < 4.78 is 5.81. The number of carbonyl (C=O) groups is 3. The van der Waals surface area contributed by atoms with Gasteiger partial charge in [-0.05, 0) is 55.9 Å². The molecular weight excluding hydrogens is 480 g/mol. The van der Waals surface area contributed by atoms with Gasteiger partial charge in [-0.1, -0.05) is 76.1 Å². The predicted octanol–water partition coefficient (Wildman–Crippen LogP) is 4.48. The molecule has 3 atom stereocenters. The zero-order chi connectivity index (χ0) is 27.6. The standard InChI is InChI=1S/C31H46N2O5/c1-30(2,3)26-21-38-29(37)25(19-23-13-7-6-8-14-23)16-10-5-4-9-15-24(28(36)32-26)20-27(35)33-31(22-34)17-11-12-18-31/h4,6-9,13-14,24-26,34H,5,10-12,15-22H2,1-3H3,(H,32,36)(H,33,35)/t24-,25-,26-/m1/s1. The van der Waals surface area contributed by atoms with Gasteiger partial charge in [-0.3, -0.25) is 14.4 Å². The van der Waals surface area contributed by atoms with E-state index in [0.717, 1.165) is 50.5 Å². The fraction of sp³-hybridized carbons (Fsp3) is 0.645. The topological polar surface area (TPSA) is 105 Å². The van der Waals surface area contributed by atoms with Crippen molar-refractivity contribution < 1.29 is 24.2 Å². The molecule has 38 heavy (non-hydrogen) atoms. The highest BCUT2D eigenvalue weighted by Gasteiger charge is 2.36. The van der Waals surface area contributed by atoms with E-state index in [0.29, 0.717) is 12.8 Å². The van der Waals surface area contributed by atoms with Gasteiger partial charge in [0.1, 0.15) is 6.61 Å². The van der Waals surface area contributed by atoms with Crippen molar-refractivity contribution in [2.24, 2.45) is 17.3 Å². The van der Waals surface area contributed by atoms with Crippen molar-refractivity contribution in [1.82, 2.24) is 10.6 Å². The Morgan fingerprint density at radius 1 is 1.08 bits per heavy atom. The van der Waals surface area contributed by atoms with Gasteiger partial charge >= 0.3 is 5.97 Å². The number of esters is 1. The molecule has 3 rings (SSSR count). The highest BCUT2D eigenvalue weighted by atomic mass is 16.5. The van der Waals surface area contributed by atoms with E-state index >= 15 is 0 Å². The van der Waals surface area contributed by atoms with Crippen molar-refractivity contribution >= 4 is 17.8 Å². The Hall–Kier alpha value is -2.67. The Bertz CT molecular complexity index is 947. The van der Waals surface area contributed by atoms with Crippen molar-refractivity contribution in [2.75, 3.05) is 13.2 Å². The molecule has 1 aromatic rings. The van der Waals surface area contributed by atoms with Crippen molar-refractivity contribution in [3.8, 4) is 0 Å². The van der Waals surface area contributed by atoms with E-state index in [-0.39, 0.29) is 48.8 Å². The van der Waals surface area contributed by atoms with Gasteiger partial charge < -0.3 is 20.5 Å². The van der Waals surface area contributed by atoms with Crippen LogP contribution in [0.15, 0.2) is 42.5 Å². The molecule has 1 saturated carbocycles. The molecule has 0 saturated heterocycles. The van der Waals surface area contributed by atoms with Crippen LogP contribution in [0.2, 0.25) is 0 Å². The molecule has 1 aliphatic heterocycles. The Morgan fingerprint density at radius 3 is 2.45 bits per heavy atom. The number of hydrogen-bond donors (Lipinski definition) is 3. The Labute approximate surface area is 227 Å². The van der Waals surface area contributed by atoms with Gasteiger partial charge in [-0.2, -0.15) is 0 Å². The number of cyclic esters (lactones) is 1. The van der Waals surface area contributed by atoms with E-state index in [1.807, 2.05) is 63.3 Å². The second-order valence-electron chi connectivity index (χ2n) is 12.2. The first-order valence-electron chi connectivity index (χ1n) is 14.2. The molecule has 0 aromatic heterocycles. The summed E-state index contributed by atoms with van der Waals surface area (Å²) in [5.74, 6) is -1.45. The molecule has 0 spiro atoms. The zero-order valence-corrected chi connectivity index (χ0v) is 23.3. The molecule has 1 fully saturated rings. The van der Waals surface area contributed by atoms with Crippen molar-refractivity contribution in [2.45, 2.75) is 96.6 Å². The normalized spacial score (nSPS) is 25.2. The molecule has 0 bridgehead atoms. The molecule has 0 unspecified atom stereocenters. The summed E-state index contributed by atoms with van der Waals surface area (Å²) in [4.78, 5) is 39.5. The zero-order valence-electron chi connectivity index (χ0n) is 23.3. The molecule has 1 aliphatic carbocycles. The summed E-state index contributed by atoms with van der Waals surface area (Å²) in [6.07, 6.45) is 11.0. The Morgan fingerprint density at radius 2 is 1.79 bits per heavy atom. The maximum atomic E-state index is 13.4. The summed E-state index contributed by atoms with van der Waals surface area (Å²) in [5, 5.41) is 16.0. The van der Waals surface area contributed by atoms with E-state index in [1.54, 1.807) is 0 Å².